The van der Waals surface area contributed by atoms with Crippen LogP contribution in [0.3, 0.4) is 0 Å². The van der Waals surface area contributed by atoms with E-state index in [4.69, 9.17) is 9.97 Å². The molecule has 1 amide bonds. The number of hydrogen-bond acceptors (Lipinski definition) is 3. The van der Waals surface area contributed by atoms with E-state index in [1.54, 1.807) is 0 Å². The first kappa shape index (κ1) is 22.5. The van der Waals surface area contributed by atoms with Crippen LogP contribution in [-0.2, 0) is 6.42 Å². The number of nitrogens with zero attached hydrogens (tertiary/aromatic N) is 2. The molecule has 1 heterocycles. The maximum atomic E-state index is 13.1. The summed E-state index contributed by atoms with van der Waals surface area (Å²) >= 11 is 0. The van der Waals surface area contributed by atoms with E-state index < -0.39 is 0 Å². The van der Waals surface area contributed by atoms with E-state index >= 15 is 0 Å². The van der Waals surface area contributed by atoms with Crippen molar-refractivity contribution in [3.63, 3.8) is 0 Å². The van der Waals surface area contributed by atoms with Crippen LogP contribution in [0.4, 0.5) is 0 Å². The van der Waals surface area contributed by atoms with E-state index in [1.165, 1.54) is 5.56 Å². The average Bonchev–Trinajstić information content (AvgIpc) is 2.93. The van der Waals surface area contributed by atoms with Crippen LogP contribution in [0, 0.1) is 0 Å². The zero-order valence-electron chi connectivity index (χ0n) is 19.9. The van der Waals surface area contributed by atoms with Crippen molar-refractivity contribution in [1.29, 1.82) is 0 Å². The average molecular weight is 458 g/mol. The van der Waals surface area contributed by atoms with E-state index in [9.17, 15) is 4.79 Å². The number of aryl methyl sites for hydroxylation is 1. The molecule has 1 aromatic heterocycles. The highest BCUT2D eigenvalue weighted by Gasteiger charge is 2.16. The highest BCUT2D eigenvalue weighted by Crippen LogP contribution is 2.31. The fraction of sp³-hybridized carbons (Fsp3) is 0.129. The topological polar surface area (TPSA) is 54.9 Å². The highest BCUT2D eigenvalue weighted by atomic mass is 16.1. The molecule has 0 spiro atoms. The number of fused-ring (bicyclic) bond motifs is 1. The number of nitrogens with one attached hydrogen (secondary N) is 1. The monoisotopic (exact) mass is 457 g/mol. The van der Waals surface area contributed by atoms with Gasteiger partial charge < -0.3 is 5.32 Å². The predicted molar refractivity (Wildman–Crippen MR) is 142 cm³/mol. The quantitative estimate of drug-likeness (QED) is 0.298. The SMILES string of the molecule is CCc1ccc(C(C)NC(=O)c2ccc3nc(-c4ccccc4)c(-c4ccccc4)nc3c2)cc1. The number of amides is 1. The standard InChI is InChI=1S/C31H27N3O/c1-3-22-14-16-23(17-15-22)21(2)32-31(35)26-18-19-27-28(20-26)34-30(25-12-8-5-9-13-25)29(33-27)24-10-6-4-7-11-24/h4-21H,3H2,1-2H3,(H,32,35). The molecule has 0 aliphatic carbocycles. The van der Waals surface area contributed by atoms with Crippen LogP contribution >= 0.6 is 0 Å². The third-order valence-corrected chi connectivity index (χ3v) is 6.26. The number of rotatable bonds is 6. The fourth-order valence-corrected chi connectivity index (χ4v) is 4.20. The van der Waals surface area contributed by atoms with Crippen LogP contribution in [0.25, 0.3) is 33.5 Å². The summed E-state index contributed by atoms with van der Waals surface area (Å²) in [6.07, 6.45) is 0.996. The van der Waals surface area contributed by atoms with Gasteiger partial charge in [-0.25, -0.2) is 9.97 Å². The smallest absolute Gasteiger partial charge is 0.251 e. The van der Waals surface area contributed by atoms with Crippen LogP contribution in [0.15, 0.2) is 103 Å². The third-order valence-electron chi connectivity index (χ3n) is 6.26. The second kappa shape index (κ2) is 9.90. The summed E-state index contributed by atoms with van der Waals surface area (Å²) in [5, 5.41) is 3.11. The molecule has 35 heavy (non-hydrogen) atoms. The zero-order valence-corrected chi connectivity index (χ0v) is 19.9. The lowest BCUT2D eigenvalue weighted by Gasteiger charge is -2.15. The van der Waals surface area contributed by atoms with Crippen molar-refractivity contribution in [2.24, 2.45) is 0 Å². The molecule has 0 bridgehead atoms. The first-order valence-electron chi connectivity index (χ1n) is 11.9. The lowest BCUT2D eigenvalue weighted by Crippen LogP contribution is -2.26. The summed E-state index contributed by atoms with van der Waals surface area (Å²) in [7, 11) is 0. The maximum absolute atomic E-state index is 13.1. The molecule has 4 aromatic carbocycles. The Morgan fingerprint density at radius 1 is 0.743 bits per heavy atom. The van der Waals surface area contributed by atoms with Crippen molar-refractivity contribution in [3.05, 3.63) is 120 Å². The summed E-state index contributed by atoms with van der Waals surface area (Å²) in [4.78, 5) is 23.0. The number of carbonyl (C=O) groups is 1. The zero-order chi connectivity index (χ0) is 24.2. The van der Waals surface area contributed by atoms with Crippen LogP contribution in [0.5, 0.6) is 0 Å². The van der Waals surface area contributed by atoms with Gasteiger partial charge in [0.15, 0.2) is 0 Å². The summed E-state index contributed by atoms with van der Waals surface area (Å²) in [6, 6.07) is 33.9. The summed E-state index contributed by atoms with van der Waals surface area (Å²) in [6.45, 7) is 4.13. The fourth-order valence-electron chi connectivity index (χ4n) is 4.20. The lowest BCUT2D eigenvalue weighted by atomic mass is 10.0. The molecule has 0 radical (unpaired) electrons. The van der Waals surface area contributed by atoms with E-state index in [0.717, 1.165) is 40.0 Å². The number of aromatic nitrogens is 2. The molecule has 0 aliphatic rings. The largest absolute Gasteiger partial charge is 0.346 e. The van der Waals surface area contributed by atoms with Crippen LogP contribution in [0.2, 0.25) is 0 Å². The molecule has 0 aliphatic heterocycles. The first-order chi connectivity index (χ1) is 17.1. The lowest BCUT2D eigenvalue weighted by molar-refractivity contribution is 0.0940. The first-order valence-corrected chi connectivity index (χ1v) is 11.9. The second-order valence-electron chi connectivity index (χ2n) is 8.65. The van der Waals surface area contributed by atoms with Crippen molar-refractivity contribution < 1.29 is 4.79 Å². The Hall–Kier alpha value is -4.31. The van der Waals surface area contributed by atoms with Crippen molar-refractivity contribution in [3.8, 4) is 22.5 Å². The van der Waals surface area contributed by atoms with Gasteiger partial charge in [-0.1, -0.05) is 91.9 Å². The molecule has 4 heteroatoms. The molecular weight excluding hydrogens is 430 g/mol. The van der Waals surface area contributed by atoms with E-state index in [1.807, 2.05) is 85.8 Å². The third kappa shape index (κ3) is 4.82. The molecule has 172 valence electrons. The van der Waals surface area contributed by atoms with Crippen LogP contribution < -0.4 is 5.32 Å². The van der Waals surface area contributed by atoms with Gasteiger partial charge in [-0.15, -0.1) is 0 Å². The number of hydrogen-bond donors (Lipinski definition) is 1. The molecule has 0 saturated heterocycles. The summed E-state index contributed by atoms with van der Waals surface area (Å²) in [5.74, 6) is -0.130. The normalized spacial score (nSPS) is 11.8. The molecule has 0 fully saturated rings. The molecule has 5 rings (SSSR count). The Kier molecular flexibility index (Phi) is 6.36. The summed E-state index contributed by atoms with van der Waals surface area (Å²) in [5.41, 5.74) is 7.98. The Balaban J connectivity index is 1.50. The second-order valence-corrected chi connectivity index (χ2v) is 8.65. The van der Waals surface area contributed by atoms with E-state index in [2.05, 4.69) is 36.5 Å². The van der Waals surface area contributed by atoms with Crippen molar-refractivity contribution >= 4 is 16.9 Å². The Labute approximate surface area is 205 Å². The van der Waals surface area contributed by atoms with Gasteiger partial charge >= 0.3 is 0 Å². The van der Waals surface area contributed by atoms with Gasteiger partial charge in [0.2, 0.25) is 0 Å². The molecule has 1 N–H and O–H groups in total. The molecule has 1 atom stereocenters. The predicted octanol–water partition coefficient (Wildman–Crippen LogP) is 7.02. The van der Waals surface area contributed by atoms with Gasteiger partial charge in [-0.3, -0.25) is 4.79 Å². The molecule has 0 saturated carbocycles. The van der Waals surface area contributed by atoms with E-state index in [-0.39, 0.29) is 11.9 Å². The number of carbonyl (C=O) groups excluding carboxylic acids is 1. The minimum atomic E-state index is -0.130. The van der Waals surface area contributed by atoms with Gasteiger partial charge in [0.05, 0.1) is 28.5 Å². The Morgan fingerprint density at radius 2 is 1.31 bits per heavy atom. The van der Waals surface area contributed by atoms with Crippen LogP contribution in [0.1, 0.15) is 41.4 Å². The maximum Gasteiger partial charge on any atom is 0.251 e. The Morgan fingerprint density at radius 3 is 1.89 bits per heavy atom. The molecule has 1 unspecified atom stereocenters. The van der Waals surface area contributed by atoms with Gasteiger partial charge in [0, 0.05) is 16.7 Å². The molecule has 4 nitrogen and oxygen atoms in total. The van der Waals surface area contributed by atoms with E-state index in [0.29, 0.717) is 11.1 Å². The number of benzene rings is 4. The van der Waals surface area contributed by atoms with Gasteiger partial charge in [0.25, 0.3) is 5.91 Å². The van der Waals surface area contributed by atoms with Gasteiger partial charge in [0.1, 0.15) is 0 Å². The van der Waals surface area contributed by atoms with Crippen molar-refractivity contribution in [2.45, 2.75) is 26.3 Å². The van der Waals surface area contributed by atoms with Crippen molar-refractivity contribution in [1.82, 2.24) is 15.3 Å². The van der Waals surface area contributed by atoms with Crippen molar-refractivity contribution in [2.75, 3.05) is 0 Å². The minimum absolute atomic E-state index is 0.101. The Bertz CT molecular complexity index is 1460. The minimum Gasteiger partial charge on any atom is -0.346 e. The summed E-state index contributed by atoms with van der Waals surface area (Å²) < 4.78 is 0. The molecular formula is C31H27N3O. The highest BCUT2D eigenvalue weighted by molar-refractivity contribution is 5.98. The van der Waals surface area contributed by atoms with Gasteiger partial charge in [-0.05, 0) is 42.7 Å². The van der Waals surface area contributed by atoms with Crippen LogP contribution in [-0.4, -0.2) is 15.9 Å². The molecule has 5 aromatic rings. The van der Waals surface area contributed by atoms with Gasteiger partial charge in [-0.2, -0.15) is 0 Å².